The molecule has 0 radical (unpaired) electrons. The molecule has 0 bridgehead atoms. The summed E-state index contributed by atoms with van der Waals surface area (Å²) in [7, 11) is 0. The Morgan fingerprint density at radius 3 is 2.37 bits per heavy atom. The van der Waals surface area contributed by atoms with Gasteiger partial charge in [0.2, 0.25) is 5.91 Å². The van der Waals surface area contributed by atoms with Crippen molar-refractivity contribution >= 4 is 17.6 Å². The van der Waals surface area contributed by atoms with Gasteiger partial charge in [-0.3, -0.25) is 4.79 Å². The molecule has 1 amide bonds. The molecule has 0 heterocycles. The maximum atomic E-state index is 11.8. The molecule has 0 fully saturated rings. The number of rotatable bonds is 4. The van der Waals surface area contributed by atoms with E-state index in [-0.39, 0.29) is 17.9 Å². The summed E-state index contributed by atoms with van der Waals surface area (Å²) in [6, 6.07) is 3.22. The minimum atomic E-state index is -1.00. The lowest BCUT2D eigenvalue weighted by Gasteiger charge is -2.18. The predicted octanol–water partition coefficient (Wildman–Crippen LogP) is 2.07. The van der Waals surface area contributed by atoms with Crippen LogP contribution in [0.2, 0.25) is 0 Å². The fourth-order valence-corrected chi connectivity index (χ4v) is 1.77. The van der Waals surface area contributed by atoms with E-state index in [0.29, 0.717) is 11.3 Å². The van der Waals surface area contributed by atoms with E-state index in [1.54, 1.807) is 26.8 Å². The summed E-state index contributed by atoms with van der Waals surface area (Å²) in [6.07, 6.45) is 0.169. The first-order chi connectivity index (χ1) is 8.60. The van der Waals surface area contributed by atoms with Crippen molar-refractivity contribution in [2.75, 3.05) is 5.32 Å². The Kier molecular flexibility index (Phi) is 4.32. The van der Waals surface area contributed by atoms with Gasteiger partial charge in [0.05, 0.1) is 5.56 Å². The number of amides is 1. The van der Waals surface area contributed by atoms with Crippen LogP contribution in [0.15, 0.2) is 12.1 Å². The third-order valence-corrected chi connectivity index (χ3v) is 2.80. The summed E-state index contributed by atoms with van der Waals surface area (Å²) in [5.74, 6) is -1.23. The molecule has 1 aromatic carbocycles. The van der Waals surface area contributed by atoms with Crippen LogP contribution < -0.4 is 11.1 Å². The van der Waals surface area contributed by atoms with E-state index in [2.05, 4.69) is 5.32 Å². The number of nitrogens with two attached hydrogens (primary N) is 1. The molecular formula is C14H20N2O3. The molecule has 0 aliphatic rings. The number of aromatic carboxylic acids is 1. The van der Waals surface area contributed by atoms with Crippen molar-refractivity contribution in [1.82, 2.24) is 0 Å². The second-order valence-corrected chi connectivity index (χ2v) is 5.48. The molecule has 104 valence electrons. The zero-order valence-electron chi connectivity index (χ0n) is 11.7. The van der Waals surface area contributed by atoms with Crippen LogP contribution in [-0.2, 0) is 4.79 Å². The zero-order valence-corrected chi connectivity index (χ0v) is 11.7. The van der Waals surface area contributed by atoms with Crippen LogP contribution in [0.3, 0.4) is 0 Å². The summed E-state index contributed by atoms with van der Waals surface area (Å²) in [5, 5.41) is 11.8. The zero-order chi connectivity index (χ0) is 14.8. The monoisotopic (exact) mass is 264 g/mol. The van der Waals surface area contributed by atoms with Crippen LogP contribution in [0.5, 0.6) is 0 Å². The number of carbonyl (C=O) groups is 2. The largest absolute Gasteiger partial charge is 0.478 e. The third-order valence-electron chi connectivity index (χ3n) is 2.80. The van der Waals surface area contributed by atoms with E-state index in [4.69, 9.17) is 10.8 Å². The highest BCUT2D eigenvalue weighted by atomic mass is 16.4. The van der Waals surface area contributed by atoms with Gasteiger partial charge in [0.25, 0.3) is 0 Å². The second-order valence-electron chi connectivity index (χ2n) is 5.48. The first-order valence-electron chi connectivity index (χ1n) is 6.03. The van der Waals surface area contributed by atoms with Crippen LogP contribution in [0.25, 0.3) is 0 Å². The molecular weight excluding hydrogens is 244 g/mol. The van der Waals surface area contributed by atoms with E-state index in [1.165, 1.54) is 6.07 Å². The summed E-state index contributed by atoms with van der Waals surface area (Å²) in [5.41, 5.74) is 7.37. The van der Waals surface area contributed by atoms with Crippen molar-refractivity contribution in [2.24, 2.45) is 5.73 Å². The Bertz CT molecular complexity index is 516. The topological polar surface area (TPSA) is 92.4 Å². The number of anilines is 1. The molecule has 1 rings (SSSR count). The third kappa shape index (κ3) is 4.37. The lowest BCUT2D eigenvalue weighted by Crippen LogP contribution is -2.36. The number of hydrogen-bond acceptors (Lipinski definition) is 3. The van der Waals surface area contributed by atoms with Gasteiger partial charge in [-0.2, -0.15) is 0 Å². The Labute approximate surface area is 112 Å². The number of carboxylic acid groups (broad SMARTS) is 1. The van der Waals surface area contributed by atoms with E-state index < -0.39 is 11.5 Å². The van der Waals surface area contributed by atoms with Gasteiger partial charge in [-0.25, -0.2) is 4.79 Å². The number of carbonyl (C=O) groups excluding carboxylic acids is 1. The molecule has 0 saturated carbocycles. The SMILES string of the molecule is Cc1cc(NC(=O)CC(C)(C)N)cc(C(=O)O)c1C. The van der Waals surface area contributed by atoms with Crippen LogP contribution in [0, 0.1) is 13.8 Å². The Morgan fingerprint density at radius 2 is 1.89 bits per heavy atom. The molecule has 0 saturated heterocycles. The number of hydrogen-bond donors (Lipinski definition) is 3. The summed E-state index contributed by atoms with van der Waals surface area (Å²) < 4.78 is 0. The van der Waals surface area contributed by atoms with Crippen molar-refractivity contribution in [3.63, 3.8) is 0 Å². The molecule has 0 aliphatic heterocycles. The molecule has 1 aromatic rings. The van der Waals surface area contributed by atoms with Gasteiger partial charge in [0.1, 0.15) is 0 Å². The van der Waals surface area contributed by atoms with E-state index in [1.807, 2.05) is 6.92 Å². The smallest absolute Gasteiger partial charge is 0.336 e. The molecule has 5 nitrogen and oxygen atoms in total. The van der Waals surface area contributed by atoms with Crippen molar-refractivity contribution in [3.05, 3.63) is 28.8 Å². The van der Waals surface area contributed by atoms with Crippen LogP contribution >= 0.6 is 0 Å². The molecule has 0 unspecified atom stereocenters. The Morgan fingerprint density at radius 1 is 1.32 bits per heavy atom. The maximum Gasteiger partial charge on any atom is 0.336 e. The molecule has 0 spiro atoms. The van der Waals surface area contributed by atoms with Crippen molar-refractivity contribution < 1.29 is 14.7 Å². The molecule has 0 aliphatic carbocycles. The fourth-order valence-electron chi connectivity index (χ4n) is 1.77. The average Bonchev–Trinajstić information content (AvgIpc) is 2.19. The van der Waals surface area contributed by atoms with E-state index >= 15 is 0 Å². The lowest BCUT2D eigenvalue weighted by atomic mass is 10.0. The number of nitrogens with one attached hydrogen (secondary N) is 1. The molecule has 5 heteroatoms. The minimum absolute atomic E-state index is 0.169. The lowest BCUT2D eigenvalue weighted by molar-refractivity contribution is -0.117. The first-order valence-corrected chi connectivity index (χ1v) is 6.03. The van der Waals surface area contributed by atoms with E-state index in [9.17, 15) is 9.59 Å². The van der Waals surface area contributed by atoms with Crippen molar-refractivity contribution in [1.29, 1.82) is 0 Å². The quantitative estimate of drug-likeness (QED) is 0.776. The summed E-state index contributed by atoms with van der Waals surface area (Å²) in [4.78, 5) is 22.9. The summed E-state index contributed by atoms with van der Waals surface area (Å²) in [6.45, 7) is 7.07. The number of carboxylic acids is 1. The van der Waals surface area contributed by atoms with Gasteiger partial charge in [-0.05, 0) is 51.0 Å². The highest BCUT2D eigenvalue weighted by Gasteiger charge is 2.17. The van der Waals surface area contributed by atoms with Crippen LogP contribution in [0.1, 0.15) is 41.8 Å². The number of benzene rings is 1. The standard InChI is InChI=1S/C14H20N2O3/c1-8-5-10(6-11(9(8)2)13(18)19)16-12(17)7-14(3,4)15/h5-6H,7,15H2,1-4H3,(H,16,17)(H,18,19). The van der Waals surface area contributed by atoms with E-state index in [0.717, 1.165) is 5.56 Å². The summed E-state index contributed by atoms with van der Waals surface area (Å²) >= 11 is 0. The minimum Gasteiger partial charge on any atom is -0.478 e. The first kappa shape index (κ1) is 15.2. The van der Waals surface area contributed by atoms with Gasteiger partial charge < -0.3 is 16.2 Å². The van der Waals surface area contributed by atoms with Gasteiger partial charge in [-0.1, -0.05) is 0 Å². The van der Waals surface area contributed by atoms with Gasteiger partial charge in [0.15, 0.2) is 0 Å². The highest BCUT2D eigenvalue weighted by molar-refractivity contribution is 5.95. The molecule has 4 N–H and O–H groups in total. The molecule has 19 heavy (non-hydrogen) atoms. The van der Waals surface area contributed by atoms with Gasteiger partial charge >= 0.3 is 5.97 Å². The van der Waals surface area contributed by atoms with Crippen LogP contribution in [0.4, 0.5) is 5.69 Å². The normalized spacial score (nSPS) is 11.2. The average molecular weight is 264 g/mol. The van der Waals surface area contributed by atoms with Crippen LogP contribution in [-0.4, -0.2) is 22.5 Å². The number of aryl methyl sites for hydroxylation is 1. The second kappa shape index (κ2) is 5.40. The maximum absolute atomic E-state index is 11.8. The Hall–Kier alpha value is -1.88. The van der Waals surface area contributed by atoms with Crippen molar-refractivity contribution in [3.8, 4) is 0 Å². The fraction of sp³-hybridized carbons (Fsp3) is 0.429. The molecule has 0 aromatic heterocycles. The predicted molar refractivity (Wildman–Crippen MR) is 74.4 cm³/mol. The van der Waals surface area contributed by atoms with Crippen molar-refractivity contribution in [2.45, 2.75) is 39.7 Å². The highest BCUT2D eigenvalue weighted by Crippen LogP contribution is 2.20. The Balaban J connectivity index is 2.97. The molecule has 0 atom stereocenters. The van der Waals surface area contributed by atoms with Gasteiger partial charge in [-0.15, -0.1) is 0 Å². The van der Waals surface area contributed by atoms with Gasteiger partial charge in [0, 0.05) is 17.6 Å².